The highest BCUT2D eigenvalue weighted by Gasteiger charge is 2.41. The zero-order valence-electron chi connectivity index (χ0n) is 19.9. The van der Waals surface area contributed by atoms with Crippen LogP contribution in [0.5, 0.6) is 0 Å². The van der Waals surface area contributed by atoms with Crippen LogP contribution in [0.15, 0.2) is 4.79 Å². The van der Waals surface area contributed by atoms with E-state index in [9.17, 15) is 4.79 Å². The molecule has 0 aliphatic heterocycles. The topological polar surface area (TPSA) is 44.1 Å². The Labute approximate surface area is 184 Å². The molecule has 1 rings (SSSR count). The molecule has 7 heteroatoms. The standard InChI is InChI=1S/C22H39ClN2O2Si2/c1-16(2)29(17(3)4,18(5)6)13-11-20-19(7)21(23)24-25(22(20)26)15-27-12-14-28(8,9)10/h16-18H,12,14-15H2,1-10H3. The molecule has 164 valence electrons. The molecule has 0 saturated carbocycles. The van der Waals surface area contributed by atoms with Gasteiger partial charge in [0.25, 0.3) is 5.56 Å². The van der Waals surface area contributed by atoms with Crippen molar-refractivity contribution in [1.82, 2.24) is 9.78 Å². The number of rotatable bonds is 8. The monoisotopic (exact) mass is 454 g/mol. The molecular weight excluding hydrogens is 416 g/mol. The lowest BCUT2D eigenvalue weighted by atomic mass is 10.2. The van der Waals surface area contributed by atoms with Crippen molar-refractivity contribution in [3.63, 3.8) is 0 Å². The second-order valence-corrected chi connectivity index (χ2v) is 21.7. The molecule has 0 aliphatic carbocycles. The molecule has 0 fully saturated rings. The predicted octanol–water partition coefficient (Wildman–Crippen LogP) is 6.09. The lowest BCUT2D eigenvalue weighted by Gasteiger charge is -2.38. The lowest BCUT2D eigenvalue weighted by molar-refractivity contribution is 0.0748. The Hall–Kier alpha value is -0.876. The molecule has 0 radical (unpaired) electrons. The average Bonchev–Trinajstić information content (AvgIpc) is 2.57. The van der Waals surface area contributed by atoms with E-state index in [1.165, 1.54) is 4.68 Å². The Morgan fingerprint density at radius 2 is 1.59 bits per heavy atom. The summed E-state index contributed by atoms with van der Waals surface area (Å²) in [7, 11) is -3.13. The van der Waals surface area contributed by atoms with Gasteiger partial charge in [-0.15, -0.1) is 5.54 Å². The van der Waals surface area contributed by atoms with Crippen molar-refractivity contribution in [2.75, 3.05) is 6.61 Å². The molecule has 1 aromatic heterocycles. The fraction of sp³-hybridized carbons (Fsp3) is 0.727. The lowest BCUT2D eigenvalue weighted by Crippen LogP contribution is -2.43. The Morgan fingerprint density at radius 1 is 1.07 bits per heavy atom. The summed E-state index contributed by atoms with van der Waals surface area (Å²) in [5.41, 5.74) is 6.02. The van der Waals surface area contributed by atoms with Crippen molar-refractivity contribution in [3.8, 4) is 11.5 Å². The van der Waals surface area contributed by atoms with Gasteiger partial charge in [-0.1, -0.05) is 78.7 Å². The molecule has 4 nitrogen and oxygen atoms in total. The summed E-state index contributed by atoms with van der Waals surface area (Å²) in [6.45, 7) is 23.0. The molecule has 1 heterocycles. The van der Waals surface area contributed by atoms with Crippen LogP contribution < -0.4 is 5.56 Å². The third kappa shape index (κ3) is 6.55. The van der Waals surface area contributed by atoms with Crippen molar-refractivity contribution in [1.29, 1.82) is 0 Å². The van der Waals surface area contributed by atoms with Crippen molar-refractivity contribution < 1.29 is 4.74 Å². The van der Waals surface area contributed by atoms with Gasteiger partial charge in [0.15, 0.2) is 5.15 Å². The average molecular weight is 455 g/mol. The molecule has 1 aromatic rings. The van der Waals surface area contributed by atoms with E-state index in [-0.39, 0.29) is 12.3 Å². The van der Waals surface area contributed by atoms with Crippen LogP contribution in [0.1, 0.15) is 52.7 Å². The van der Waals surface area contributed by atoms with Crippen LogP contribution in [0.2, 0.25) is 47.5 Å². The highest BCUT2D eigenvalue weighted by molar-refractivity contribution is 6.90. The third-order valence-electron chi connectivity index (χ3n) is 5.82. The molecule has 0 aromatic carbocycles. The molecule has 29 heavy (non-hydrogen) atoms. The summed E-state index contributed by atoms with van der Waals surface area (Å²) in [5, 5.41) is 4.53. The minimum atomic E-state index is -1.94. The van der Waals surface area contributed by atoms with Crippen LogP contribution in [0.3, 0.4) is 0 Å². The van der Waals surface area contributed by atoms with E-state index in [4.69, 9.17) is 16.3 Å². The van der Waals surface area contributed by atoms with Gasteiger partial charge in [0.1, 0.15) is 14.8 Å². The van der Waals surface area contributed by atoms with Crippen LogP contribution in [0, 0.1) is 18.4 Å². The highest BCUT2D eigenvalue weighted by Crippen LogP contribution is 2.40. The SMILES string of the molecule is Cc1c(Cl)nn(COCC[Si](C)(C)C)c(=O)c1C#C[Si](C(C)C)(C(C)C)C(C)C. The van der Waals surface area contributed by atoms with Gasteiger partial charge in [-0.05, 0) is 29.6 Å². The van der Waals surface area contributed by atoms with Gasteiger partial charge in [0, 0.05) is 20.2 Å². The zero-order chi connectivity index (χ0) is 22.6. The quantitative estimate of drug-likeness (QED) is 0.271. The highest BCUT2D eigenvalue weighted by atomic mass is 35.5. The molecule has 0 saturated heterocycles. The predicted molar refractivity (Wildman–Crippen MR) is 130 cm³/mol. The minimum absolute atomic E-state index is 0.110. The second-order valence-electron chi connectivity index (χ2n) is 10.1. The van der Waals surface area contributed by atoms with Gasteiger partial charge in [-0.25, -0.2) is 4.68 Å². The van der Waals surface area contributed by atoms with Crippen LogP contribution in [0.25, 0.3) is 0 Å². The summed E-state index contributed by atoms with van der Waals surface area (Å²) in [6, 6.07) is 1.04. The van der Waals surface area contributed by atoms with Gasteiger partial charge in [0.2, 0.25) is 0 Å². The summed E-state index contributed by atoms with van der Waals surface area (Å²) in [5.74, 6) is 3.27. The zero-order valence-corrected chi connectivity index (χ0v) is 22.7. The summed E-state index contributed by atoms with van der Waals surface area (Å²) >= 11 is 6.34. The van der Waals surface area contributed by atoms with Crippen LogP contribution in [-0.2, 0) is 11.5 Å². The maximum absolute atomic E-state index is 13.0. The van der Waals surface area contributed by atoms with Crippen molar-refractivity contribution in [3.05, 3.63) is 26.6 Å². The molecule has 0 spiro atoms. The van der Waals surface area contributed by atoms with Gasteiger partial charge >= 0.3 is 0 Å². The molecule has 0 atom stereocenters. The summed E-state index contributed by atoms with van der Waals surface area (Å²) in [4.78, 5) is 13.0. The Balaban J connectivity index is 3.32. The maximum atomic E-state index is 13.0. The van der Waals surface area contributed by atoms with Crippen molar-refractivity contribution in [2.45, 2.75) is 97.5 Å². The van der Waals surface area contributed by atoms with Crippen LogP contribution in [0.4, 0.5) is 0 Å². The largest absolute Gasteiger partial charge is 0.359 e. The molecule has 0 amide bonds. The number of nitrogens with zero attached hydrogens (tertiary/aromatic N) is 2. The molecule has 0 N–H and O–H groups in total. The fourth-order valence-electron chi connectivity index (χ4n) is 3.99. The second kappa shape index (κ2) is 10.4. The number of ether oxygens (including phenoxy) is 1. The fourth-order valence-corrected chi connectivity index (χ4v) is 10.1. The normalized spacial score (nSPS) is 12.6. The van der Waals surface area contributed by atoms with E-state index in [2.05, 4.69) is 77.7 Å². The number of hydrogen-bond acceptors (Lipinski definition) is 3. The molecule has 0 bridgehead atoms. The maximum Gasteiger partial charge on any atom is 0.285 e. The summed E-state index contributed by atoms with van der Waals surface area (Å²) < 4.78 is 7.04. The Morgan fingerprint density at radius 3 is 2.03 bits per heavy atom. The Kier molecular flexibility index (Phi) is 9.41. The smallest absolute Gasteiger partial charge is 0.285 e. The van der Waals surface area contributed by atoms with E-state index in [0.29, 0.717) is 39.5 Å². The van der Waals surface area contributed by atoms with Crippen molar-refractivity contribution in [2.24, 2.45) is 0 Å². The first-order chi connectivity index (χ1) is 13.2. The minimum Gasteiger partial charge on any atom is -0.359 e. The van der Waals surface area contributed by atoms with Crippen LogP contribution in [-0.4, -0.2) is 32.5 Å². The third-order valence-corrected chi connectivity index (χ3v) is 14.2. The van der Waals surface area contributed by atoms with Gasteiger partial charge in [-0.2, -0.15) is 5.10 Å². The van der Waals surface area contributed by atoms with E-state index < -0.39 is 16.1 Å². The van der Waals surface area contributed by atoms with Gasteiger partial charge in [-0.3, -0.25) is 4.79 Å². The van der Waals surface area contributed by atoms with Gasteiger partial charge in [0.05, 0.1) is 5.56 Å². The number of hydrogen-bond donors (Lipinski definition) is 0. The van der Waals surface area contributed by atoms with Crippen LogP contribution >= 0.6 is 11.6 Å². The molecule has 0 unspecified atom stereocenters. The molecular formula is C22H39ClN2O2Si2. The Bertz CT molecular complexity index is 793. The van der Waals surface area contributed by atoms with E-state index in [1.54, 1.807) is 0 Å². The summed E-state index contributed by atoms with van der Waals surface area (Å²) in [6.07, 6.45) is 0. The number of aromatic nitrogens is 2. The first kappa shape index (κ1) is 26.2. The first-order valence-electron chi connectivity index (χ1n) is 10.6. The first-order valence-corrected chi connectivity index (χ1v) is 16.9. The molecule has 0 aliphatic rings. The van der Waals surface area contributed by atoms with E-state index in [1.807, 2.05) is 6.92 Å². The van der Waals surface area contributed by atoms with E-state index >= 15 is 0 Å². The van der Waals surface area contributed by atoms with E-state index in [0.717, 1.165) is 6.04 Å². The number of halogens is 1. The van der Waals surface area contributed by atoms with Gasteiger partial charge < -0.3 is 4.74 Å². The van der Waals surface area contributed by atoms with Crippen molar-refractivity contribution >= 4 is 27.7 Å².